The minimum absolute atomic E-state index is 0.0349. The lowest BCUT2D eigenvalue weighted by molar-refractivity contribution is 0.101. The first-order valence-electron chi connectivity index (χ1n) is 5.34. The first-order chi connectivity index (χ1) is 8.63. The lowest BCUT2D eigenvalue weighted by Crippen LogP contribution is -1.92. The topological polar surface area (TPSA) is 48.4 Å². The van der Waals surface area contributed by atoms with E-state index in [0.717, 1.165) is 10.6 Å². The van der Waals surface area contributed by atoms with Crippen LogP contribution < -0.4 is 9.47 Å². The van der Waals surface area contributed by atoms with Crippen LogP contribution in [0, 0.1) is 0 Å². The number of Topliss-reactive ketones (excluding diaryl/α,β-unsaturated/α-hetero) is 1. The second kappa shape index (κ2) is 5.18. The molecule has 0 saturated heterocycles. The Morgan fingerprint density at radius 3 is 2.22 bits per heavy atom. The smallest absolute Gasteiger partial charge is 0.178 e. The van der Waals surface area contributed by atoms with Crippen molar-refractivity contribution in [3.63, 3.8) is 0 Å². The first kappa shape index (κ1) is 12.6. The minimum atomic E-state index is -0.0349. The molecule has 0 saturated carbocycles. The van der Waals surface area contributed by atoms with Gasteiger partial charge in [-0.1, -0.05) is 0 Å². The van der Waals surface area contributed by atoms with Crippen molar-refractivity contribution in [2.45, 2.75) is 6.92 Å². The van der Waals surface area contributed by atoms with Gasteiger partial charge in [-0.3, -0.25) is 4.79 Å². The van der Waals surface area contributed by atoms with E-state index in [1.54, 1.807) is 25.7 Å². The molecule has 0 fully saturated rings. The number of aromatic nitrogens is 1. The van der Waals surface area contributed by atoms with Crippen molar-refractivity contribution in [1.82, 2.24) is 4.98 Å². The molecular formula is C13H13NO3S. The van der Waals surface area contributed by atoms with Gasteiger partial charge in [0.25, 0.3) is 0 Å². The summed E-state index contributed by atoms with van der Waals surface area (Å²) < 4.78 is 10.4. The van der Waals surface area contributed by atoms with E-state index in [2.05, 4.69) is 4.98 Å². The van der Waals surface area contributed by atoms with E-state index < -0.39 is 0 Å². The molecule has 0 N–H and O–H groups in total. The van der Waals surface area contributed by atoms with Crippen LogP contribution in [0.4, 0.5) is 0 Å². The SMILES string of the molecule is COc1cc(OC)cc(-c2nc(C(C)=O)cs2)c1. The molecule has 5 heteroatoms. The van der Waals surface area contributed by atoms with Crippen LogP contribution in [0.3, 0.4) is 0 Å². The Labute approximate surface area is 109 Å². The highest BCUT2D eigenvalue weighted by Gasteiger charge is 2.10. The number of thiazole rings is 1. The van der Waals surface area contributed by atoms with Gasteiger partial charge in [-0.05, 0) is 12.1 Å². The summed E-state index contributed by atoms with van der Waals surface area (Å²) in [4.78, 5) is 15.5. The highest BCUT2D eigenvalue weighted by atomic mass is 32.1. The molecule has 0 atom stereocenters. The molecule has 2 aromatic rings. The summed E-state index contributed by atoms with van der Waals surface area (Å²) in [6, 6.07) is 5.53. The molecule has 0 spiro atoms. The van der Waals surface area contributed by atoms with E-state index in [9.17, 15) is 4.79 Å². The van der Waals surface area contributed by atoms with Gasteiger partial charge < -0.3 is 9.47 Å². The number of ketones is 1. The van der Waals surface area contributed by atoms with E-state index in [4.69, 9.17) is 9.47 Å². The van der Waals surface area contributed by atoms with Crippen molar-refractivity contribution in [2.24, 2.45) is 0 Å². The fourth-order valence-corrected chi connectivity index (χ4v) is 2.35. The molecule has 1 heterocycles. The molecule has 94 valence electrons. The number of benzene rings is 1. The van der Waals surface area contributed by atoms with E-state index in [1.165, 1.54) is 18.3 Å². The van der Waals surface area contributed by atoms with Gasteiger partial charge in [-0.25, -0.2) is 4.98 Å². The summed E-state index contributed by atoms with van der Waals surface area (Å²) >= 11 is 1.43. The van der Waals surface area contributed by atoms with Gasteiger partial charge in [0.15, 0.2) is 5.78 Å². The molecule has 1 aromatic heterocycles. The van der Waals surface area contributed by atoms with Crippen LogP contribution in [0.5, 0.6) is 11.5 Å². The van der Waals surface area contributed by atoms with Crippen LogP contribution in [0.15, 0.2) is 23.6 Å². The molecule has 0 aliphatic heterocycles. The Hall–Kier alpha value is -1.88. The molecular weight excluding hydrogens is 250 g/mol. The monoisotopic (exact) mass is 263 g/mol. The average molecular weight is 263 g/mol. The number of carbonyl (C=O) groups is 1. The highest BCUT2D eigenvalue weighted by Crippen LogP contribution is 2.31. The summed E-state index contributed by atoms with van der Waals surface area (Å²) in [5, 5.41) is 2.53. The Kier molecular flexibility index (Phi) is 3.62. The zero-order chi connectivity index (χ0) is 13.1. The van der Waals surface area contributed by atoms with Crippen LogP contribution in [0.25, 0.3) is 10.6 Å². The van der Waals surface area contributed by atoms with Crippen LogP contribution in [0.1, 0.15) is 17.4 Å². The number of carbonyl (C=O) groups excluding carboxylic acids is 1. The number of ether oxygens (including phenoxy) is 2. The van der Waals surface area contributed by atoms with Crippen LogP contribution in [0.2, 0.25) is 0 Å². The van der Waals surface area contributed by atoms with E-state index in [-0.39, 0.29) is 5.78 Å². The summed E-state index contributed by atoms with van der Waals surface area (Å²) in [6.45, 7) is 1.50. The van der Waals surface area contributed by atoms with Gasteiger partial charge >= 0.3 is 0 Å². The molecule has 4 nitrogen and oxygen atoms in total. The number of hydrogen-bond acceptors (Lipinski definition) is 5. The lowest BCUT2D eigenvalue weighted by Gasteiger charge is -2.06. The van der Waals surface area contributed by atoms with Crippen LogP contribution in [-0.4, -0.2) is 25.0 Å². The van der Waals surface area contributed by atoms with Crippen molar-refractivity contribution in [1.29, 1.82) is 0 Å². The third-order valence-corrected chi connectivity index (χ3v) is 3.35. The number of hydrogen-bond donors (Lipinski definition) is 0. The maximum Gasteiger partial charge on any atom is 0.178 e. The largest absolute Gasteiger partial charge is 0.497 e. The number of rotatable bonds is 4. The summed E-state index contributed by atoms with van der Waals surface area (Å²) in [6.07, 6.45) is 0. The van der Waals surface area contributed by atoms with Crippen LogP contribution in [-0.2, 0) is 0 Å². The van der Waals surface area contributed by atoms with Gasteiger partial charge in [0.05, 0.1) is 14.2 Å². The molecule has 0 radical (unpaired) electrons. The predicted molar refractivity (Wildman–Crippen MR) is 70.7 cm³/mol. The van der Waals surface area contributed by atoms with Gasteiger partial charge in [0.2, 0.25) is 0 Å². The number of nitrogens with zero attached hydrogens (tertiary/aromatic N) is 1. The van der Waals surface area contributed by atoms with Gasteiger partial charge in [0.1, 0.15) is 22.2 Å². The molecule has 1 aromatic carbocycles. The van der Waals surface area contributed by atoms with Gasteiger partial charge in [-0.15, -0.1) is 11.3 Å². The Bertz CT molecular complexity index is 555. The Morgan fingerprint density at radius 1 is 1.17 bits per heavy atom. The minimum Gasteiger partial charge on any atom is -0.497 e. The molecule has 0 amide bonds. The second-order valence-electron chi connectivity index (χ2n) is 3.70. The standard InChI is InChI=1S/C13H13NO3S/c1-8(15)12-7-18-13(14-12)9-4-10(16-2)6-11(5-9)17-3/h4-7H,1-3H3. The zero-order valence-corrected chi connectivity index (χ0v) is 11.2. The predicted octanol–water partition coefficient (Wildman–Crippen LogP) is 3.03. The molecule has 0 bridgehead atoms. The second-order valence-corrected chi connectivity index (χ2v) is 4.55. The molecule has 0 unspecified atom stereocenters. The van der Waals surface area contributed by atoms with E-state index >= 15 is 0 Å². The fraction of sp³-hybridized carbons (Fsp3) is 0.231. The zero-order valence-electron chi connectivity index (χ0n) is 10.4. The summed E-state index contributed by atoms with van der Waals surface area (Å²) in [5.74, 6) is 1.36. The lowest BCUT2D eigenvalue weighted by atomic mass is 10.2. The van der Waals surface area contributed by atoms with Gasteiger partial charge in [0, 0.05) is 23.9 Å². The van der Waals surface area contributed by atoms with Crippen molar-refractivity contribution < 1.29 is 14.3 Å². The Morgan fingerprint density at radius 2 is 1.78 bits per heavy atom. The highest BCUT2D eigenvalue weighted by molar-refractivity contribution is 7.13. The normalized spacial score (nSPS) is 10.2. The van der Waals surface area contributed by atoms with Gasteiger partial charge in [-0.2, -0.15) is 0 Å². The summed E-state index contributed by atoms with van der Waals surface area (Å²) in [7, 11) is 3.20. The van der Waals surface area contributed by atoms with E-state index in [0.29, 0.717) is 17.2 Å². The molecule has 18 heavy (non-hydrogen) atoms. The first-order valence-corrected chi connectivity index (χ1v) is 6.22. The molecule has 2 rings (SSSR count). The van der Waals surface area contributed by atoms with Crippen molar-refractivity contribution in [3.8, 4) is 22.1 Å². The van der Waals surface area contributed by atoms with Crippen molar-refractivity contribution in [3.05, 3.63) is 29.3 Å². The quantitative estimate of drug-likeness (QED) is 0.795. The van der Waals surface area contributed by atoms with Crippen molar-refractivity contribution >= 4 is 17.1 Å². The number of methoxy groups -OCH3 is 2. The maximum absolute atomic E-state index is 11.2. The van der Waals surface area contributed by atoms with Crippen molar-refractivity contribution in [2.75, 3.05) is 14.2 Å². The molecule has 0 aliphatic carbocycles. The van der Waals surface area contributed by atoms with Crippen LogP contribution >= 0.6 is 11.3 Å². The Balaban J connectivity index is 2.45. The third kappa shape index (κ3) is 2.51. The maximum atomic E-state index is 11.2. The van der Waals surface area contributed by atoms with E-state index in [1.807, 2.05) is 12.1 Å². The average Bonchev–Trinajstić information content (AvgIpc) is 2.87. The summed E-state index contributed by atoms with van der Waals surface area (Å²) in [5.41, 5.74) is 1.36. The fourth-order valence-electron chi connectivity index (χ4n) is 1.50. The third-order valence-electron chi connectivity index (χ3n) is 2.46. The molecule has 0 aliphatic rings.